The Morgan fingerprint density at radius 1 is 1.31 bits per heavy atom. The van der Waals surface area contributed by atoms with Crippen LogP contribution in [0.4, 0.5) is 0 Å². The number of aromatic nitrogens is 1. The molecular weight excluding hydrogens is 210 g/mol. The Labute approximate surface area is 90.6 Å². The molecule has 1 aromatic heterocycles. The van der Waals surface area contributed by atoms with Crippen LogP contribution in [0.2, 0.25) is 0 Å². The van der Waals surface area contributed by atoms with Crippen LogP contribution in [-0.4, -0.2) is 29.1 Å². The number of esters is 1. The van der Waals surface area contributed by atoms with Crippen LogP contribution in [0.15, 0.2) is 24.4 Å². The Kier molecular flexibility index (Phi) is 2.36. The van der Waals surface area contributed by atoms with Gasteiger partial charge in [0.25, 0.3) is 0 Å². The minimum absolute atomic E-state index is 0.0657. The Hall–Kier alpha value is -2.30. The third kappa shape index (κ3) is 1.42. The van der Waals surface area contributed by atoms with E-state index in [9.17, 15) is 9.59 Å². The molecule has 16 heavy (non-hydrogen) atoms. The predicted molar refractivity (Wildman–Crippen MR) is 56.6 cm³/mol. The standard InChI is InChI=1S/C11H9NO4/c1-16-11(15)6-3-2-4-8-9(6)7(5-12-8)10(13)14/h2-5,12H,1H3,(H,13,14). The van der Waals surface area contributed by atoms with Crippen LogP contribution in [-0.2, 0) is 4.74 Å². The molecule has 0 aliphatic carbocycles. The van der Waals surface area contributed by atoms with E-state index in [2.05, 4.69) is 9.72 Å². The van der Waals surface area contributed by atoms with Crippen LogP contribution in [0.3, 0.4) is 0 Å². The topological polar surface area (TPSA) is 79.4 Å². The monoisotopic (exact) mass is 219 g/mol. The number of carboxylic acids is 1. The molecule has 0 saturated heterocycles. The molecule has 0 fully saturated rings. The normalized spacial score (nSPS) is 10.3. The molecule has 0 atom stereocenters. The van der Waals surface area contributed by atoms with Crippen molar-refractivity contribution in [3.8, 4) is 0 Å². The summed E-state index contributed by atoms with van der Waals surface area (Å²) in [6.45, 7) is 0. The molecule has 0 amide bonds. The highest BCUT2D eigenvalue weighted by molar-refractivity contribution is 6.12. The lowest BCUT2D eigenvalue weighted by Gasteiger charge is -2.01. The zero-order valence-corrected chi connectivity index (χ0v) is 8.48. The summed E-state index contributed by atoms with van der Waals surface area (Å²) in [6.07, 6.45) is 1.36. The second-order valence-corrected chi connectivity index (χ2v) is 3.23. The Morgan fingerprint density at radius 2 is 2.06 bits per heavy atom. The van der Waals surface area contributed by atoms with Gasteiger partial charge in [-0.15, -0.1) is 0 Å². The molecule has 2 rings (SSSR count). The smallest absolute Gasteiger partial charge is 0.338 e. The second-order valence-electron chi connectivity index (χ2n) is 3.23. The lowest BCUT2D eigenvalue weighted by Crippen LogP contribution is -2.04. The number of fused-ring (bicyclic) bond motifs is 1. The van der Waals surface area contributed by atoms with Crippen molar-refractivity contribution < 1.29 is 19.4 Å². The number of hydrogen-bond acceptors (Lipinski definition) is 3. The second kappa shape index (κ2) is 3.69. The van der Waals surface area contributed by atoms with Gasteiger partial charge in [0.15, 0.2) is 0 Å². The minimum Gasteiger partial charge on any atom is -0.478 e. The molecule has 0 radical (unpaired) electrons. The summed E-state index contributed by atoms with van der Waals surface area (Å²) in [4.78, 5) is 25.2. The number of ether oxygens (including phenoxy) is 1. The lowest BCUT2D eigenvalue weighted by molar-refractivity contribution is 0.0603. The van der Waals surface area contributed by atoms with E-state index in [1.165, 1.54) is 19.4 Å². The van der Waals surface area contributed by atoms with E-state index < -0.39 is 11.9 Å². The van der Waals surface area contributed by atoms with E-state index in [1.807, 2.05) is 0 Å². The summed E-state index contributed by atoms with van der Waals surface area (Å²) >= 11 is 0. The van der Waals surface area contributed by atoms with Gasteiger partial charge in [-0.3, -0.25) is 0 Å². The van der Waals surface area contributed by atoms with Crippen LogP contribution in [0.1, 0.15) is 20.7 Å². The van der Waals surface area contributed by atoms with Crippen LogP contribution >= 0.6 is 0 Å². The number of aromatic amines is 1. The van der Waals surface area contributed by atoms with Crippen LogP contribution in [0.5, 0.6) is 0 Å². The van der Waals surface area contributed by atoms with Crippen molar-refractivity contribution in [3.63, 3.8) is 0 Å². The molecule has 5 nitrogen and oxygen atoms in total. The van der Waals surface area contributed by atoms with E-state index in [0.717, 1.165) is 0 Å². The van der Waals surface area contributed by atoms with Crippen LogP contribution in [0, 0.1) is 0 Å². The molecule has 0 aliphatic rings. The SMILES string of the molecule is COC(=O)c1cccc2[nH]cc(C(=O)O)c12. The Morgan fingerprint density at radius 3 is 2.69 bits per heavy atom. The van der Waals surface area contributed by atoms with Crippen molar-refractivity contribution in [1.29, 1.82) is 0 Å². The number of hydrogen-bond donors (Lipinski definition) is 2. The highest BCUT2D eigenvalue weighted by Gasteiger charge is 2.18. The van der Waals surface area contributed by atoms with Crippen molar-refractivity contribution in [3.05, 3.63) is 35.5 Å². The molecule has 2 N–H and O–H groups in total. The largest absolute Gasteiger partial charge is 0.478 e. The fraction of sp³-hybridized carbons (Fsp3) is 0.0909. The summed E-state index contributed by atoms with van der Waals surface area (Å²) in [7, 11) is 1.26. The highest BCUT2D eigenvalue weighted by atomic mass is 16.5. The zero-order valence-electron chi connectivity index (χ0n) is 8.48. The van der Waals surface area contributed by atoms with Crippen molar-refractivity contribution in [2.24, 2.45) is 0 Å². The van der Waals surface area contributed by atoms with E-state index in [0.29, 0.717) is 10.9 Å². The number of H-pyrrole nitrogens is 1. The quantitative estimate of drug-likeness (QED) is 0.752. The number of carboxylic acid groups (broad SMARTS) is 1. The van der Waals surface area contributed by atoms with Gasteiger partial charge in [-0.1, -0.05) is 6.07 Å². The highest BCUT2D eigenvalue weighted by Crippen LogP contribution is 2.23. The number of rotatable bonds is 2. The molecule has 5 heteroatoms. The maximum absolute atomic E-state index is 11.5. The van der Waals surface area contributed by atoms with Gasteiger partial charge >= 0.3 is 11.9 Å². The maximum Gasteiger partial charge on any atom is 0.338 e. The Bertz CT molecular complexity index is 570. The summed E-state index contributed by atoms with van der Waals surface area (Å²) in [5.41, 5.74) is 0.912. The summed E-state index contributed by atoms with van der Waals surface area (Å²) in [6, 6.07) is 4.90. The molecule has 0 aliphatic heterocycles. The molecule has 0 spiro atoms. The number of nitrogens with one attached hydrogen (secondary N) is 1. The zero-order chi connectivity index (χ0) is 11.7. The lowest BCUT2D eigenvalue weighted by atomic mass is 10.1. The number of methoxy groups -OCH3 is 1. The fourth-order valence-corrected chi connectivity index (χ4v) is 1.63. The van der Waals surface area contributed by atoms with E-state index in [-0.39, 0.29) is 11.1 Å². The van der Waals surface area contributed by atoms with Gasteiger partial charge < -0.3 is 14.8 Å². The Balaban J connectivity index is 2.78. The summed E-state index contributed by atoms with van der Waals surface area (Å²) < 4.78 is 4.60. The number of carbonyl (C=O) groups is 2. The van der Waals surface area contributed by atoms with Gasteiger partial charge in [-0.2, -0.15) is 0 Å². The molecular formula is C11H9NO4. The molecule has 0 unspecified atom stereocenters. The van der Waals surface area contributed by atoms with E-state index in [1.54, 1.807) is 12.1 Å². The number of benzene rings is 1. The predicted octanol–water partition coefficient (Wildman–Crippen LogP) is 1.65. The van der Waals surface area contributed by atoms with E-state index in [4.69, 9.17) is 5.11 Å². The third-order valence-corrected chi connectivity index (χ3v) is 2.34. The molecule has 0 bridgehead atoms. The van der Waals surface area contributed by atoms with Crippen molar-refractivity contribution in [2.45, 2.75) is 0 Å². The maximum atomic E-state index is 11.5. The fourth-order valence-electron chi connectivity index (χ4n) is 1.63. The first kappa shape index (κ1) is 10.2. The van der Waals surface area contributed by atoms with Crippen molar-refractivity contribution in [1.82, 2.24) is 4.98 Å². The summed E-state index contributed by atoms with van der Waals surface area (Å²) in [5.74, 6) is -1.63. The average molecular weight is 219 g/mol. The van der Waals surface area contributed by atoms with Crippen molar-refractivity contribution >= 4 is 22.8 Å². The third-order valence-electron chi connectivity index (χ3n) is 2.34. The first-order chi connectivity index (χ1) is 7.65. The minimum atomic E-state index is -1.08. The van der Waals surface area contributed by atoms with Gasteiger partial charge in [0.05, 0.1) is 18.2 Å². The molecule has 1 aromatic carbocycles. The van der Waals surface area contributed by atoms with Crippen LogP contribution in [0.25, 0.3) is 10.9 Å². The van der Waals surface area contributed by atoms with Gasteiger partial charge in [0.1, 0.15) is 0 Å². The molecule has 82 valence electrons. The first-order valence-electron chi connectivity index (χ1n) is 4.57. The molecule has 0 saturated carbocycles. The van der Waals surface area contributed by atoms with Gasteiger partial charge in [-0.25, -0.2) is 9.59 Å². The number of aromatic carboxylic acids is 1. The number of carbonyl (C=O) groups excluding carboxylic acids is 1. The van der Waals surface area contributed by atoms with Gasteiger partial charge in [0.2, 0.25) is 0 Å². The molecule has 1 heterocycles. The average Bonchev–Trinajstić information content (AvgIpc) is 2.71. The van der Waals surface area contributed by atoms with Gasteiger partial charge in [-0.05, 0) is 12.1 Å². The summed E-state index contributed by atoms with van der Waals surface area (Å²) in [5, 5.41) is 9.36. The van der Waals surface area contributed by atoms with E-state index >= 15 is 0 Å². The van der Waals surface area contributed by atoms with Crippen LogP contribution < -0.4 is 0 Å². The first-order valence-corrected chi connectivity index (χ1v) is 4.57. The van der Waals surface area contributed by atoms with Crippen molar-refractivity contribution in [2.75, 3.05) is 7.11 Å². The molecule has 2 aromatic rings. The van der Waals surface area contributed by atoms with Gasteiger partial charge in [0, 0.05) is 17.1 Å².